The molecule has 0 saturated carbocycles. The summed E-state index contributed by atoms with van der Waals surface area (Å²) in [6.07, 6.45) is 2.37. The Morgan fingerprint density at radius 3 is 2.45 bits per heavy atom. The molecule has 232 valence electrons. The second-order valence-corrected chi connectivity index (χ2v) is 12.2. The molecule has 0 bridgehead atoms. The van der Waals surface area contributed by atoms with Crippen LogP contribution in [0.5, 0.6) is 5.75 Å². The second kappa shape index (κ2) is 12.9. The first kappa shape index (κ1) is 29.3. The summed E-state index contributed by atoms with van der Waals surface area (Å²) in [6.45, 7) is 10.5. The number of carbonyl (C=O) groups excluding carboxylic acids is 1. The van der Waals surface area contributed by atoms with Gasteiger partial charge in [-0.25, -0.2) is 4.98 Å². The summed E-state index contributed by atoms with van der Waals surface area (Å²) in [5.74, 6) is 0.121. The molecule has 3 saturated heterocycles. The first-order chi connectivity index (χ1) is 21.5. The number of nitrogens with one attached hydrogen (secondary N) is 1. The number of hydrogen-bond acceptors (Lipinski definition) is 8. The van der Waals surface area contributed by atoms with Crippen molar-refractivity contribution in [1.82, 2.24) is 19.8 Å². The van der Waals surface area contributed by atoms with Gasteiger partial charge in [0.15, 0.2) is 0 Å². The number of aromatic amines is 1. The number of piperidine rings is 1. The van der Waals surface area contributed by atoms with Gasteiger partial charge in [0.05, 0.1) is 59.3 Å². The molecule has 1 amide bonds. The van der Waals surface area contributed by atoms with E-state index in [0.29, 0.717) is 58.9 Å². The number of H-pyrrole nitrogens is 1. The van der Waals surface area contributed by atoms with Crippen molar-refractivity contribution in [3.8, 4) is 17.0 Å². The predicted octanol–water partition coefficient (Wildman–Crippen LogP) is 4.15. The zero-order valence-electron chi connectivity index (χ0n) is 24.9. The number of benzene rings is 2. The Morgan fingerprint density at radius 1 is 0.977 bits per heavy atom. The highest BCUT2D eigenvalue weighted by Gasteiger charge is 2.26. The smallest absolute Gasteiger partial charge is 0.250 e. The van der Waals surface area contributed by atoms with E-state index in [2.05, 4.69) is 37.9 Å². The maximum Gasteiger partial charge on any atom is 0.250 e. The number of rotatable bonds is 8. The molecule has 0 atom stereocenters. The molecule has 0 spiro atoms. The molecule has 0 radical (unpaired) electrons. The van der Waals surface area contributed by atoms with Crippen LogP contribution in [0, 0.1) is 0 Å². The van der Waals surface area contributed by atoms with Crippen LogP contribution in [-0.2, 0) is 9.47 Å². The molecule has 2 aromatic heterocycles. The molecule has 7 rings (SSSR count). The number of likely N-dealkylation sites (tertiary alicyclic amines) is 1. The molecule has 3 N–H and O–H groups in total. The van der Waals surface area contributed by atoms with Crippen LogP contribution in [0.2, 0.25) is 5.02 Å². The van der Waals surface area contributed by atoms with Gasteiger partial charge >= 0.3 is 0 Å². The normalized spacial score (nSPS) is 19.2. The van der Waals surface area contributed by atoms with Gasteiger partial charge in [0.2, 0.25) is 0 Å². The maximum atomic E-state index is 12.6. The van der Waals surface area contributed by atoms with Crippen molar-refractivity contribution >= 4 is 45.1 Å². The van der Waals surface area contributed by atoms with Crippen LogP contribution in [0.3, 0.4) is 0 Å². The van der Waals surface area contributed by atoms with Gasteiger partial charge in [-0.05, 0) is 68.4 Å². The van der Waals surface area contributed by atoms with Gasteiger partial charge in [-0.2, -0.15) is 0 Å². The Bertz CT molecular complexity index is 1640. The fraction of sp³-hybridized carbons (Fsp3) is 0.455. The van der Waals surface area contributed by atoms with Crippen LogP contribution in [0.25, 0.3) is 33.2 Å². The molecule has 4 aromatic rings. The predicted molar refractivity (Wildman–Crippen MR) is 173 cm³/mol. The number of fused-ring (bicyclic) bond motifs is 3. The lowest BCUT2D eigenvalue weighted by Gasteiger charge is -2.40. The van der Waals surface area contributed by atoms with Crippen molar-refractivity contribution in [1.29, 1.82) is 0 Å². The van der Waals surface area contributed by atoms with Gasteiger partial charge in [0, 0.05) is 55.4 Å². The van der Waals surface area contributed by atoms with E-state index in [-0.39, 0.29) is 0 Å². The molecule has 3 aliphatic rings. The Kier molecular flexibility index (Phi) is 8.60. The van der Waals surface area contributed by atoms with Crippen molar-refractivity contribution < 1.29 is 19.0 Å². The molecule has 44 heavy (non-hydrogen) atoms. The quantitative estimate of drug-likeness (QED) is 0.303. The minimum Gasteiger partial charge on any atom is -0.491 e. The second-order valence-electron chi connectivity index (χ2n) is 11.8. The molecule has 0 unspecified atom stereocenters. The van der Waals surface area contributed by atoms with Crippen LogP contribution in [-0.4, -0.2) is 111 Å². The van der Waals surface area contributed by atoms with Gasteiger partial charge in [0.1, 0.15) is 12.4 Å². The monoisotopic (exact) mass is 618 g/mol. The van der Waals surface area contributed by atoms with Gasteiger partial charge in [-0.3, -0.25) is 14.6 Å². The number of halogens is 1. The highest BCUT2D eigenvalue weighted by molar-refractivity contribution is 6.32. The molecule has 5 heterocycles. The number of pyridine rings is 1. The summed E-state index contributed by atoms with van der Waals surface area (Å²) >= 11 is 6.70. The fourth-order valence-electron chi connectivity index (χ4n) is 6.72. The van der Waals surface area contributed by atoms with Crippen molar-refractivity contribution in [3.63, 3.8) is 0 Å². The van der Waals surface area contributed by atoms with Gasteiger partial charge in [0.25, 0.3) is 5.91 Å². The lowest BCUT2D eigenvalue weighted by Crippen LogP contribution is -2.49. The number of hydrogen-bond donors (Lipinski definition) is 2. The van der Waals surface area contributed by atoms with E-state index in [1.165, 1.54) is 12.8 Å². The van der Waals surface area contributed by atoms with Gasteiger partial charge in [-0.1, -0.05) is 11.6 Å². The maximum absolute atomic E-state index is 12.6. The van der Waals surface area contributed by atoms with E-state index >= 15 is 0 Å². The molecule has 3 fully saturated rings. The first-order valence-corrected chi connectivity index (χ1v) is 16.0. The highest BCUT2D eigenvalue weighted by Crippen LogP contribution is 2.35. The number of primary amides is 1. The molecule has 3 aliphatic heterocycles. The van der Waals surface area contributed by atoms with E-state index in [1.54, 1.807) is 6.07 Å². The number of nitrogens with zero attached hydrogens (tertiary/aromatic N) is 4. The Morgan fingerprint density at radius 2 is 1.73 bits per heavy atom. The third-order valence-electron chi connectivity index (χ3n) is 9.19. The van der Waals surface area contributed by atoms with Gasteiger partial charge < -0.3 is 29.8 Å². The minimum atomic E-state index is -0.515. The van der Waals surface area contributed by atoms with Crippen LogP contribution in [0.1, 0.15) is 23.2 Å². The first-order valence-electron chi connectivity index (χ1n) is 15.6. The summed E-state index contributed by atoms with van der Waals surface area (Å²) in [7, 11) is 0. The molecule has 11 heteroatoms. The fourth-order valence-corrected chi connectivity index (χ4v) is 6.95. The van der Waals surface area contributed by atoms with Crippen LogP contribution in [0.15, 0.2) is 42.5 Å². The Labute approximate surface area is 262 Å². The summed E-state index contributed by atoms with van der Waals surface area (Å²) in [4.78, 5) is 28.3. The number of amides is 1. The SMILES string of the molecule is NC(=O)c1cc(-c2ccc(OCCN3CCC(N4CCOCC4)CC3)c(Cl)c2)nc2c1[nH]c1cc(N3CCOCC3)ccc12. The van der Waals surface area contributed by atoms with E-state index in [0.717, 1.165) is 81.2 Å². The van der Waals surface area contributed by atoms with E-state index in [4.69, 9.17) is 36.5 Å². The number of aromatic nitrogens is 2. The number of ether oxygens (including phenoxy) is 3. The average Bonchev–Trinajstić information content (AvgIpc) is 3.44. The van der Waals surface area contributed by atoms with E-state index < -0.39 is 5.91 Å². The van der Waals surface area contributed by atoms with Crippen molar-refractivity contribution in [2.24, 2.45) is 5.73 Å². The molecule has 2 aromatic carbocycles. The number of anilines is 1. The summed E-state index contributed by atoms with van der Waals surface area (Å²) < 4.78 is 17.1. The van der Waals surface area contributed by atoms with E-state index in [9.17, 15) is 4.79 Å². The lowest BCUT2D eigenvalue weighted by molar-refractivity contribution is 0.0000709. The third-order valence-corrected chi connectivity index (χ3v) is 9.49. The average molecular weight is 619 g/mol. The van der Waals surface area contributed by atoms with Crippen LogP contribution < -0.4 is 15.4 Å². The Hall–Kier alpha value is -3.41. The number of nitrogens with two attached hydrogens (primary N) is 1. The topological polar surface area (TPSA) is 109 Å². The van der Waals surface area contributed by atoms with E-state index in [1.807, 2.05) is 18.2 Å². The summed E-state index contributed by atoms with van der Waals surface area (Å²) in [5, 5.41) is 1.44. The van der Waals surface area contributed by atoms with Crippen molar-refractivity contribution in [2.45, 2.75) is 18.9 Å². The molecular formula is C33H39ClN6O4. The number of morpholine rings is 2. The number of carbonyl (C=O) groups is 1. The highest BCUT2D eigenvalue weighted by atomic mass is 35.5. The lowest BCUT2D eigenvalue weighted by atomic mass is 10.0. The largest absolute Gasteiger partial charge is 0.491 e. The summed E-state index contributed by atoms with van der Waals surface area (Å²) in [6, 6.07) is 14.3. The van der Waals surface area contributed by atoms with Gasteiger partial charge in [-0.15, -0.1) is 0 Å². The molecular weight excluding hydrogens is 580 g/mol. The van der Waals surface area contributed by atoms with Crippen LogP contribution in [0.4, 0.5) is 5.69 Å². The minimum absolute atomic E-state index is 0.392. The van der Waals surface area contributed by atoms with Crippen molar-refractivity contribution in [2.75, 3.05) is 83.7 Å². The van der Waals surface area contributed by atoms with Crippen LogP contribution >= 0.6 is 11.6 Å². The molecule has 10 nitrogen and oxygen atoms in total. The van der Waals surface area contributed by atoms with Crippen molar-refractivity contribution in [3.05, 3.63) is 53.1 Å². The molecule has 0 aliphatic carbocycles. The summed E-state index contributed by atoms with van der Waals surface area (Å²) in [5.41, 5.74) is 11.0. The zero-order chi connectivity index (χ0) is 30.0. The standard InChI is InChI=1S/C33H39ClN6O4/c34-27-19-22(1-4-30(27)44-18-9-38-7-5-23(6-8-38)39-10-14-42-15-11-39)28-21-26(33(35)41)32-31(36-28)25-3-2-24(20-29(25)37-32)40-12-16-43-17-13-40/h1-4,19-21,23,37H,5-18H2,(H2,35,41). The zero-order valence-corrected chi connectivity index (χ0v) is 25.7. The third kappa shape index (κ3) is 6.09. The Balaban J connectivity index is 1.04.